The van der Waals surface area contributed by atoms with Crippen molar-refractivity contribution in [1.29, 1.82) is 0 Å². The molecular weight excluding hydrogens is 384 g/mol. The highest BCUT2D eigenvalue weighted by Gasteiger charge is 2.34. The van der Waals surface area contributed by atoms with E-state index in [0.717, 1.165) is 35.2 Å². The number of likely N-dealkylation sites (N-methyl/N-ethyl adjacent to an activating group) is 1. The molecule has 0 spiro atoms. The maximum Gasteiger partial charge on any atom is 0.230 e. The molecule has 0 bridgehead atoms. The van der Waals surface area contributed by atoms with Crippen molar-refractivity contribution in [3.63, 3.8) is 0 Å². The molecule has 1 saturated carbocycles. The molecule has 31 heavy (non-hydrogen) atoms. The first-order valence-electron chi connectivity index (χ1n) is 10.8. The van der Waals surface area contributed by atoms with E-state index in [2.05, 4.69) is 0 Å². The van der Waals surface area contributed by atoms with Crippen LogP contribution in [0.25, 0.3) is 0 Å². The number of rotatable bonds is 8. The molecule has 0 aliphatic heterocycles. The third-order valence-electron chi connectivity index (χ3n) is 5.67. The number of nitrogens with zero attached hydrogens (tertiary/aromatic N) is 2. The Bertz CT molecular complexity index is 1010. The predicted molar refractivity (Wildman–Crippen MR) is 123 cm³/mol. The Morgan fingerprint density at radius 3 is 1.84 bits per heavy atom. The van der Waals surface area contributed by atoms with Gasteiger partial charge in [-0.05, 0) is 41.7 Å². The molecule has 0 N–H and O–H groups in total. The van der Waals surface area contributed by atoms with E-state index in [1.165, 1.54) is 0 Å². The Kier molecular flexibility index (Phi) is 6.46. The molecule has 2 amide bonds. The zero-order valence-corrected chi connectivity index (χ0v) is 17.9. The van der Waals surface area contributed by atoms with E-state index >= 15 is 0 Å². The molecule has 0 heterocycles. The highest BCUT2D eigenvalue weighted by molar-refractivity contribution is 5.96. The van der Waals surface area contributed by atoms with Gasteiger partial charge in [-0.1, -0.05) is 72.8 Å². The molecule has 0 atom stereocenters. The summed E-state index contributed by atoms with van der Waals surface area (Å²) in [7, 11) is 1.83. The average Bonchev–Trinajstić information content (AvgIpc) is 3.65. The largest absolute Gasteiger partial charge is 0.341 e. The first kappa shape index (κ1) is 20.9. The van der Waals surface area contributed by atoms with Gasteiger partial charge < -0.3 is 9.80 Å². The summed E-state index contributed by atoms with van der Waals surface area (Å²) >= 11 is 0. The van der Waals surface area contributed by atoms with Crippen molar-refractivity contribution in [2.45, 2.75) is 32.4 Å². The Hall–Kier alpha value is -3.40. The first-order chi connectivity index (χ1) is 15.1. The standard InChI is InChI=1S/C27H28N2O2/c1-28(19-22-8-4-2-5-9-22)26(30)18-21-12-16-25(17-13-21)29(27(31)24-14-15-24)20-23-10-6-3-7-11-23/h2-13,16-17,24H,14-15,18-20H2,1H3. The second-order valence-electron chi connectivity index (χ2n) is 8.26. The summed E-state index contributed by atoms with van der Waals surface area (Å²) in [4.78, 5) is 29.2. The number of hydrogen-bond donors (Lipinski definition) is 0. The van der Waals surface area contributed by atoms with Gasteiger partial charge in [-0.25, -0.2) is 0 Å². The van der Waals surface area contributed by atoms with Crippen LogP contribution in [0.2, 0.25) is 0 Å². The van der Waals surface area contributed by atoms with Crippen LogP contribution in [0.4, 0.5) is 5.69 Å². The zero-order valence-electron chi connectivity index (χ0n) is 17.9. The van der Waals surface area contributed by atoms with Crippen molar-refractivity contribution in [2.24, 2.45) is 5.92 Å². The maximum atomic E-state index is 12.9. The monoisotopic (exact) mass is 412 g/mol. The minimum absolute atomic E-state index is 0.0757. The fourth-order valence-electron chi connectivity index (χ4n) is 3.66. The lowest BCUT2D eigenvalue weighted by Crippen LogP contribution is -2.31. The van der Waals surface area contributed by atoms with E-state index in [9.17, 15) is 9.59 Å². The van der Waals surface area contributed by atoms with Gasteiger partial charge in [0.2, 0.25) is 11.8 Å². The minimum Gasteiger partial charge on any atom is -0.341 e. The number of carbonyl (C=O) groups is 2. The van der Waals surface area contributed by atoms with Gasteiger partial charge in [0.05, 0.1) is 13.0 Å². The predicted octanol–water partition coefficient (Wildman–Crippen LogP) is 4.83. The molecule has 0 radical (unpaired) electrons. The van der Waals surface area contributed by atoms with Gasteiger partial charge in [-0.2, -0.15) is 0 Å². The van der Waals surface area contributed by atoms with Crippen LogP contribution in [0, 0.1) is 5.92 Å². The molecule has 3 aromatic carbocycles. The minimum atomic E-state index is 0.0757. The lowest BCUT2D eigenvalue weighted by atomic mass is 10.1. The highest BCUT2D eigenvalue weighted by Crippen LogP contribution is 2.33. The van der Waals surface area contributed by atoms with Crippen LogP contribution in [0.15, 0.2) is 84.9 Å². The van der Waals surface area contributed by atoms with Crippen LogP contribution in [0.3, 0.4) is 0 Å². The zero-order chi connectivity index (χ0) is 21.6. The van der Waals surface area contributed by atoms with Gasteiger partial charge in [0.15, 0.2) is 0 Å². The van der Waals surface area contributed by atoms with Crippen LogP contribution in [0.1, 0.15) is 29.5 Å². The molecule has 1 aliphatic carbocycles. The van der Waals surface area contributed by atoms with Crippen LogP contribution in [-0.2, 0) is 29.1 Å². The van der Waals surface area contributed by atoms with Gasteiger partial charge in [-0.3, -0.25) is 9.59 Å². The molecule has 0 unspecified atom stereocenters. The molecule has 4 heteroatoms. The molecule has 0 aromatic heterocycles. The fourth-order valence-corrected chi connectivity index (χ4v) is 3.66. The van der Waals surface area contributed by atoms with E-state index in [-0.39, 0.29) is 17.7 Å². The Morgan fingerprint density at radius 2 is 1.29 bits per heavy atom. The summed E-state index contributed by atoms with van der Waals surface area (Å²) in [5.41, 5.74) is 4.06. The smallest absolute Gasteiger partial charge is 0.230 e. The van der Waals surface area contributed by atoms with Crippen molar-refractivity contribution in [1.82, 2.24) is 4.90 Å². The molecular formula is C27H28N2O2. The SMILES string of the molecule is CN(Cc1ccccc1)C(=O)Cc1ccc(N(Cc2ccccc2)C(=O)C2CC2)cc1. The van der Waals surface area contributed by atoms with Gasteiger partial charge >= 0.3 is 0 Å². The summed E-state index contributed by atoms with van der Waals surface area (Å²) < 4.78 is 0. The van der Waals surface area contributed by atoms with Crippen LogP contribution < -0.4 is 4.90 Å². The van der Waals surface area contributed by atoms with Crippen LogP contribution in [0.5, 0.6) is 0 Å². The fraction of sp³-hybridized carbons (Fsp3) is 0.259. The molecule has 4 rings (SSSR count). The number of amides is 2. The third-order valence-corrected chi connectivity index (χ3v) is 5.67. The molecule has 1 fully saturated rings. The van der Waals surface area contributed by atoms with Gasteiger partial charge in [0.1, 0.15) is 0 Å². The van der Waals surface area contributed by atoms with Crippen LogP contribution >= 0.6 is 0 Å². The van der Waals surface area contributed by atoms with Crippen molar-refractivity contribution in [2.75, 3.05) is 11.9 Å². The topological polar surface area (TPSA) is 40.6 Å². The van der Waals surface area contributed by atoms with Crippen LogP contribution in [-0.4, -0.2) is 23.8 Å². The summed E-state index contributed by atoms with van der Waals surface area (Å²) in [5.74, 6) is 0.415. The second-order valence-corrected chi connectivity index (χ2v) is 8.26. The summed E-state index contributed by atoms with van der Waals surface area (Å²) in [6.07, 6.45) is 2.30. The van der Waals surface area contributed by atoms with E-state index in [0.29, 0.717) is 19.5 Å². The molecule has 158 valence electrons. The Morgan fingerprint density at radius 1 is 0.742 bits per heavy atom. The summed E-state index contributed by atoms with van der Waals surface area (Å²) in [6.45, 7) is 1.16. The van der Waals surface area contributed by atoms with E-state index in [1.807, 2.05) is 96.9 Å². The van der Waals surface area contributed by atoms with Crippen molar-refractivity contribution in [3.05, 3.63) is 102 Å². The van der Waals surface area contributed by atoms with Gasteiger partial charge in [0, 0.05) is 25.2 Å². The number of benzene rings is 3. The maximum absolute atomic E-state index is 12.9. The molecule has 3 aromatic rings. The number of hydrogen-bond acceptors (Lipinski definition) is 2. The van der Waals surface area contributed by atoms with Gasteiger partial charge in [0.25, 0.3) is 0 Å². The number of carbonyl (C=O) groups excluding carboxylic acids is 2. The van der Waals surface area contributed by atoms with Gasteiger partial charge in [-0.15, -0.1) is 0 Å². The summed E-state index contributed by atoms with van der Waals surface area (Å²) in [6, 6.07) is 27.9. The van der Waals surface area contributed by atoms with Crippen molar-refractivity contribution in [3.8, 4) is 0 Å². The normalized spacial score (nSPS) is 12.9. The Balaban J connectivity index is 1.42. The Labute approximate surface area is 184 Å². The van der Waals surface area contributed by atoms with E-state index < -0.39 is 0 Å². The van der Waals surface area contributed by atoms with E-state index in [1.54, 1.807) is 4.90 Å². The summed E-state index contributed by atoms with van der Waals surface area (Å²) in [5, 5.41) is 0. The molecule has 4 nitrogen and oxygen atoms in total. The van der Waals surface area contributed by atoms with Crippen molar-refractivity contribution >= 4 is 17.5 Å². The number of anilines is 1. The lowest BCUT2D eigenvalue weighted by Gasteiger charge is -2.23. The van der Waals surface area contributed by atoms with Crippen molar-refractivity contribution < 1.29 is 9.59 Å². The first-order valence-corrected chi connectivity index (χ1v) is 10.8. The molecule has 1 aliphatic rings. The average molecular weight is 413 g/mol. The van der Waals surface area contributed by atoms with E-state index in [4.69, 9.17) is 0 Å². The molecule has 0 saturated heterocycles. The highest BCUT2D eigenvalue weighted by atomic mass is 16.2. The quantitative estimate of drug-likeness (QED) is 0.532. The lowest BCUT2D eigenvalue weighted by molar-refractivity contribution is -0.129. The second kappa shape index (κ2) is 9.61. The third kappa shape index (κ3) is 5.60.